The molecule has 3 aromatic rings. The fraction of sp³-hybridized carbons (Fsp3) is 0.259. The maximum Gasteiger partial charge on any atom is 0.271 e. The molecule has 0 aromatic heterocycles. The van der Waals surface area contributed by atoms with Gasteiger partial charge in [0.25, 0.3) is 11.6 Å². The van der Waals surface area contributed by atoms with Crippen molar-refractivity contribution in [3.8, 4) is 0 Å². The molecule has 3 aromatic carbocycles. The number of benzene rings is 3. The molecular weight excluding hydrogens is 517 g/mol. The van der Waals surface area contributed by atoms with Crippen LogP contribution in [0.25, 0.3) is 0 Å². The third kappa shape index (κ3) is 3.47. The smallest absolute Gasteiger partial charge is 0.271 e. The highest BCUT2D eigenvalue weighted by molar-refractivity contribution is 6.52. The van der Waals surface area contributed by atoms with E-state index in [1.165, 1.54) is 24.3 Å². The predicted molar refractivity (Wildman–Crippen MR) is 139 cm³/mol. The average molecular weight is 538 g/mol. The van der Waals surface area contributed by atoms with Crippen LogP contribution in [-0.4, -0.2) is 33.2 Å². The van der Waals surface area contributed by atoms with Crippen molar-refractivity contribution in [3.63, 3.8) is 0 Å². The summed E-state index contributed by atoms with van der Waals surface area (Å²) in [6, 6.07) is 21.7. The number of anilines is 2. The number of fused-ring (bicyclic) bond motifs is 1. The van der Waals surface area contributed by atoms with E-state index in [0.29, 0.717) is 12.1 Å². The van der Waals surface area contributed by atoms with Gasteiger partial charge in [-0.1, -0.05) is 54.1 Å². The Hall–Kier alpha value is -3.46. The maximum absolute atomic E-state index is 14.0. The molecule has 0 radical (unpaired) electrons. The van der Waals surface area contributed by atoms with Crippen LogP contribution in [0.2, 0.25) is 0 Å². The monoisotopic (exact) mass is 537 g/mol. The molecule has 6 rings (SSSR count). The van der Waals surface area contributed by atoms with Crippen LogP contribution in [0, 0.1) is 23.0 Å². The van der Waals surface area contributed by atoms with Gasteiger partial charge in [0, 0.05) is 12.1 Å². The lowest BCUT2D eigenvalue weighted by Crippen LogP contribution is -2.49. The number of imide groups is 1. The van der Waals surface area contributed by atoms with Crippen molar-refractivity contribution in [2.24, 2.45) is 5.92 Å². The molecule has 0 N–H and O–H groups in total. The molecule has 10 heteroatoms. The van der Waals surface area contributed by atoms with Gasteiger partial charge in [-0.3, -0.25) is 24.5 Å². The zero-order valence-electron chi connectivity index (χ0n) is 19.6. The van der Waals surface area contributed by atoms with Crippen LogP contribution in [-0.2, 0) is 19.8 Å². The lowest BCUT2D eigenvalue weighted by atomic mass is 9.79. The van der Waals surface area contributed by atoms with E-state index in [0.717, 1.165) is 16.0 Å². The highest BCUT2D eigenvalue weighted by atomic mass is 35.5. The number of non-ortho nitro benzene ring substituents is 1. The molecule has 2 heterocycles. The molecule has 4 unspecified atom stereocenters. The molecule has 1 saturated carbocycles. The van der Waals surface area contributed by atoms with Gasteiger partial charge in [0.2, 0.25) is 5.91 Å². The Bertz CT molecular complexity index is 1430. The number of rotatable bonds is 5. The van der Waals surface area contributed by atoms with Crippen molar-refractivity contribution in [2.45, 2.75) is 35.2 Å². The fourth-order valence-corrected chi connectivity index (χ4v) is 6.54. The molecule has 3 fully saturated rings. The summed E-state index contributed by atoms with van der Waals surface area (Å²) in [7, 11) is 0. The molecule has 2 saturated heterocycles. The highest BCUT2D eigenvalue weighted by Gasteiger charge is 2.78. The second-order valence-corrected chi connectivity index (χ2v) is 11.1. The molecule has 3 aliphatic rings. The number of nitrogens with zero attached hydrogens (tertiary/aromatic N) is 3. The third-order valence-electron chi connectivity index (χ3n) is 7.52. The first-order chi connectivity index (χ1) is 17.7. The van der Waals surface area contributed by atoms with E-state index in [1.807, 2.05) is 61.5 Å². The standard InChI is InChI=1S/C27H21Cl2N3O5/c1-16-10-12-18(13-11-16)31-23(26(15-27(26,28)29)17-6-3-2-4-7-17)21-22(37-31)25(34)30(24(21)33)19-8-5-9-20(14-19)32(35)36/h2-14,21-23H,15H2,1H3. The second kappa shape index (κ2) is 8.28. The predicted octanol–water partition coefficient (Wildman–Crippen LogP) is 5.10. The molecule has 188 valence electrons. The molecule has 4 atom stereocenters. The van der Waals surface area contributed by atoms with Gasteiger partial charge >= 0.3 is 0 Å². The van der Waals surface area contributed by atoms with Crippen LogP contribution < -0.4 is 9.96 Å². The molecule has 0 bridgehead atoms. The van der Waals surface area contributed by atoms with Crippen molar-refractivity contribution >= 4 is 52.1 Å². The summed E-state index contributed by atoms with van der Waals surface area (Å²) in [6.07, 6.45) is -0.784. The zero-order chi connectivity index (χ0) is 26.1. The first-order valence-electron chi connectivity index (χ1n) is 11.7. The lowest BCUT2D eigenvalue weighted by Gasteiger charge is -2.35. The number of carbonyl (C=O) groups is 2. The summed E-state index contributed by atoms with van der Waals surface area (Å²) >= 11 is 13.7. The highest BCUT2D eigenvalue weighted by Crippen LogP contribution is 2.70. The zero-order valence-corrected chi connectivity index (χ0v) is 21.1. The van der Waals surface area contributed by atoms with Gasteiger partial charge in [-0.2, -0.15) is 0 Å². The summed E-state index contributed by atoms with van der Waals surface area (Å²) < 4.78 is -1.21. The van der Waals surface area contributed by atoms with Gasteiger partial charge < -0.3 is 0 Å². The van der Waals surface area contributed by atoms with E-state index < -0.39 is 44.5 Å². The van der Waals surface area contributed by atoms with E-state index in [2.05, 4.69) is 0 Å². The topological polar surface area (TPSA) is 93.0 Å². The number of halogens is 2. The van der Waals surface area contributed by atoms with E-state index >= 15 is 0 Å². The quantitative estimate of drug-likeness (QED) is 0.194. The Balaban J connectivity index is 1.48. The molecule has 2 amide bonds. The summed E-state index contributed by atoms with van der Waals surface area (Å²) in [4.78, 5) is 45.6. The van der Waals surface area contributed by atoms with Gasteiger partial charge in [-0.15, -0.1) is 23.2 Å². The average Bonchev–Trinajstić information content (AvgIpc) is 3.16. The van der Waals surface area contributed by atoms with Gasteiger partial charge in [-0.05, 0) is 37.1 Å². The van der Waals surface area contributed by atoms with Crippen LogP contribution in [0.15, 0.2) is 78.9 Å². The van der Waals surface area contributed by atoms with Crippen molar-refractivity contribution in [1.29, 1.82) is 0 Å². The number of hydroxylamine groups is 1. The summed E-state index contributed by atoms with van der Waals surface area (Å²) in [6.45, 7) is 1.96. The normalized spacial score (nSPS) is 27.9. The molecule has 2 aliphatic heterocycles. The van der Waals surface area contributed by atoms with Gasteiger partial charge in [0.15, 0.2) is 6.10 Å². The maximum atomic E-state index is 14.0. The molecule has 0 spiro atoms. The Labute approximate surface area is 222 Å². The summed E-state index contributed by atoms with van der Waals surface area (Å²) in [5, 5.41) is 12.9. The van der Waals surface area contributed by atoms with Gasteiger partial charge in [0.05, 0.1) is 27.8 Å². The van der Waals surface area contributed by atoms with Gasteiger partial charge in [0.1, 0.15) is 10.3 Å². The molecule has 37 heavy (non-hydrogen) atoms. The molecule has 8 nitrogen and oxygen atoms in total. The number of nitro benzene ring substituents is 1. The minimum absolute atomic E-state index is 0.121. The van der Waals surface area contributed by atoms with E-state index in [4.69, 9.17) is 28.0 Å². The largest absolute Gasteiger partial charge is 0.273 e. The fourth-order valence-electron chi connectivity index (χ4n) is 5.68. The van der Waals surface area contributed by atoms with Crippen LogP contribution in [0.1, 0.15) is 17.5 Å². The number of hydrogen-bond acceptors (Lipinski definition) is 6. The SMILES string of the molecule is Cc1ccc(N2OC3C(=O)N(c4cccc([N+](=O)[O-])c4)C(=O)C3C2C2(c3ccccc3)CC2(Cl)Cl)cc1. The van der Waals surface area contributed by atoms with E-state index in [-0.39, 0.29) is 11.4 Å². The molecule has 1 aliphatic carbocycles. The number of aryl methyl sites for hydroxylation is 1. The van der Waals surface area contributed by atoms with Gasteiger partial charge in [-0.25, -0.2) is 9.96 Å². The van der Waals surface area contributed by atoms with Crippen LogP contribution in [0.3, 0.4) is 0 Å². The number of alkyl halides is 2. The summed E-state index contributed by atoms with van der Waals surface area (Å²) in [5.74, 6) is -2.04. The lowest BCUT2D eigenvalue weighted by molar-refractivity contribution is -0.384. The third-order valence-corrected chi connectivity index (χ3v) is 8.47. The Morgan fingerprint density at radius 1 is 0.946 bits per heavy atom. The first kappa shape index (κ1) is 23.9. The number of nitro groups is 1. The Morgan fingerprint density at radius 2 is 1.62 bits per heavy atom. The van der Waals surface area contributed by atoms with E-state index in [1.54, 1.807) is 5.06 Å². The Kier molecular flexibility index (Phi) is 5.35. The minimum Gasteiger partial charge on any atom is -0.273 e. The van der Waals surface area contributed by atoms with Crippen molar-refractivity contribution < 1.29 is 19.3 Å². The van der Waals surface area contributed by atoms with Crippen LogP contribution in [0.4, 0.5) is 17.1 Å². The number of hydrogen-bond donors (Lipinski definition) is 0. The van der Waals surface area contributed by atoms with E-state index in [9.17, 15) is 19.7 Å². The second-order valence-electron chi connectivity index (χ2n) is 9.67. The van der Waals surface area contributed by atoms with Crippen molar-refractivity contribution in [1.82, 2.24) is 0 Å². The Morgan fingerprint density at radius 3 is 2.24 bits per heavy atom. The van der Waals surface area contributed by atoms with Crippen LogP contribution in [0.5, 0.6) is 0 Å². The number of carbonyl (C=O) groups excluding carboxylic acids is 2. The minimum atomic E-state index is -1.21. The summed E-state index contributed by atoms with van der Waals surface area (Å²) in [5.41, 5.74) is 1.53. The first-order valence-corrected chi connectivity index (χ1v) is 12.5. The van der Waals surface area contributed by atoms with Crippen molar-refractivity contribution in [2.75, 3.05) is 9.96 Å². The molecular formula is C27H21Cl2N3O5. The van der Waals surface area contributed by atoms with Crippen LogP contribution >= 0.6 is 23.2 Å². The number of amides is 2. The van der Waals surface area contributed by atoms with Crippen molar-refractivity contribution in [3.05, 3.63) is 100 Å².